The van der Waals surface area contributed by atoms with Crippen molar-refractivity contribution in [3.63, 3.8) is 0 Å². The van der Waals surface area contributed by atoms with E-state index in [4.69, 9.17) is 4.74 Å². The molecule has 0 saturated carbocycles. The number of Topliss-reactive ketones (excluding diaryl/α,β-unsaturated/α-hetero) is 1. The van der Waals surface area contributed by atoms with Crippen LogP contribution in [0.15, 0.2) is 30.3 Å². The Morgan fingerprint density at radius 1 is 0.850 bits per heavy atom. The van der Waals surface area contributed by atoms with Gasteiger partial charge in [0, 0.05) is 12.0 Å². The molecule has 100 valence electrons. The Morgan fingerprint density at radius 3 is 2.40 bits per heavy atom. The van der Waals surface area contributed by atoms with E-state index in [0.29, 0.717) is 12.2 Å². The molecule has 4 rings (SSSR count). The van der Waals surface area contributed by atoms with Crippen LogP contribution in [0.1, 0.15) is 33.5 Å². The summed E-state index contributed by atoms with van der Waals surface area (Å²) in [6, 6.07) is 10.4. The predicted molar refractivity (Wildman–Crippen MR) is 78.5 cm³/mol. The summed E-state index contributed by atoms with van der Waals surface area (Å²) < 4.78 is 5.31. The molecule has 0 atom stereocenters. The number of carbonyl (C=O) groups excluding carboxylic acids is 1. The Kier molecular flexibility index (Phi) is 2.46. The van der Waals surface area contributed by atoms with Crippen LogP contribution in [-0.4, -0.2) is 12.9 Å². The highest BCUT2D eigenvalue weighted by molar-refractivity contribution is 6.01. The first-order chi connectivity index (χ1) is 9.78. The number of ketones is 1. The van der Waals surface area contributed by atoms with Crippen molar-refractivity contribution in [3.8, 4) is 16.9 Å². The van der Waals surface area contributed by atoms with Gasteiger partial charge in [0.25, 0.3) is 0 Å². The Labute approximate surface area is 118 Å². The van der Waals surface area contributed by atoms with Crippen LogP contribution in [0.25, 0.3) is 11.1 Å². The maximum atomic E-state index is 11.9. The summed E-state index contributed by atoms with van der Waals surface area (Å²) in [5, 5.41) is 0. The maximum absolute atomic E-state index is 11.9. The number of carbonyl (C=O) groups is 1. The van der Waals surface area contributed by atoms with Crippen LogP contribution in [-0.2, 0) is 19.3 Å². The molecule has 0 spiro atoms. The van der Waals surface area contributed by atoms with E-state index >= 15 is 0 Å². The zero-order valence-corrected chi connectivity index (χ0v) is 11.5. The largest absolute Gasteiger partial charge is 0.497 e. The van der Waals surface area contributed by atoms with Crippen molar-refractivity contribution in [2.75, 3.05) is 7.11 Å². The van der Waals surface area contributed by atoms with Gasteiger partial charge in [0.05, 0.1) is 7.11 Å². The second-order valence-electron chi connectivity index (χ2n) is 5.56. The lowest BCUT2D eigenvalue weighted by molar-refractivity contribution is 0.0994. The molecular formula is C18H16O2. The molecule has 0 heterocycles. The number of aryl methyl sites for hydroxylation is 1. The van der Waals surface area contributed by atoms with Crippen LogP contribution in [0.3, 0.4) is 0 Å². The summed E-state index contributed by atoms with van der Waals surface area (Å²) in [6.45, 7) is 0. The molecular weight excluding hydrogens is 248 g/mol. The number of rotatable bonds is 1. The first kappa shape index (κ1) is 11.7. The molecule has 0 bridgehead atoms. The quantitative estimate of drug-likeness (QED) is 0.786. The van der Waals surface area contributed by atoms with E-state index in [-0.39, 0.29) is 0 Å². The molecule has 2 nitrogen and oxygen atoms in total. The minimum atomic E-state index is 0.309. The van der Waals surface area contributed by atoms with E-state index in [1.165, 1.54) is 27.8 Å². The molecule has 2 aliphatic rings. The van der Waals surface area contributed by atoms with Gasteiger partial charge in [-0.15, -0.1) is 0 Å². The molecule has 0 amide bonds. The summed E-state index contributed by atoms with van der Waals surface area (Å²) in [5.74, 6) is 1.23. The summed E-state index contributed by atoms with van der Waals surface area (Å²) in [6.07, 6.45) is 3.67. The molecule has 2 aromatic rings. The van der Waals surface area contributed by atoms with Gasteiger partial charge in [0.15, 0.2) is 5.78 Å². The maximum Gasteiger partial charge on any atom is 0.163 e. The second-order valence-corrected chi connectivity index (χ2v) is 5.56. The molecule has 2 aromatic carbocycles. The highest BCUT2D eigenvalue weighted by Gasteiger charge is 2.26. The van der Waals surface area contributed by atoms with Crippen LogP contribution < -0.4 is 4.74 Å². The summed E-state index contributed by atoms with van der Waals surface area (Å²) in [4.78, 5) is 11.9. The molecule has 0 aliphatic heterocycles. The smallest absolute Gasteiger partial charge is 0.163 e. The number of methoxy groups -OCH3 is 1. The molecule has 0 N–H and O–H groups in total. The van der Waals surface area contributed by atoms with Gasteiger partial charge in [-0.2, -0.15) is 0 Å². The molecule has 0 saturated heterocycles. The highest BCUT2D eigenvalue weighted by Crippen LogP contribution is 2.40. The first-order valence-electron chi connectivity index (χ1n) is 7.13. The minimum absolute atomic E-state index is 0.309. The van der Waals surface area contributed by atoms with Crippen molar-refractivity contribution in [3.05, 3.63) is 52.6 Å². The summed E-state index contributed by atoms with van der Waals surface area (Å²) in [7, 11) is 1.71. The average Bonchev–Trinajstić information content (AvgIpc) is 2.88. The fourth-order valence-corrected chi connectivity index (χ4v) is 3.58. The van der Waals surface area contributed by atoms with Crippen LogP contribution in [0.5, 0.6) is 5.75 Å². The van der Waals surface area contributed by atoms with Gasteiger partial charge in [-0.3, -0.25) is 4.79 Å². The van der Waals surface area contributed by atoms with Gasteiger partial charge in [-0.05, 0) is 59.2 Å². The standard InChI is InChI=1S/C18H16O2/c1-20-12-3-5-13-11(10-12)2-4-15-14(13)6-7-17-16(15)8-9-18(17)19/h3,5-7,10H,2,4,8-9H2,1H3. The topological polar surface area (TPSA) is 26.3 Å². The zero-order chi connectivity index (χ0) is 13.7. The summed E-state index contributed by atoms with van der Waals surface area (Å²) in [5.41, 5.74) is 7.61. The fourth-order valence-electron chi connectivity index (χ4n) is 3.58. The number of ether oxygens (including phenoxy) is 1. The average molecular weight is 264 g/mol. The van der Waals surface area contributed by atoms with Crippen molar-refractivity contribution in [2.24, 2.45) is 0 Å². The second kappa shape index (κ2) is 4.20. The Bertz CT molecular complexity index is 728. The van der Waals surface area contributed by atoms with Gasteiger partial charge in [-0.25, -0.2) is 0 Å². The molecule has 0 radical (unpaired) electrons. The van der Waals surface area contributed by atoms with Crippen molar-refractivity contribution in [1.82, 2.24) is 0 Å². The van der Waals surface area contributed by atoms with Crippen LogP contribution in [0.4, 0.5) is 0 Å². The van der Waals surface area contributed by atoms with Crippen molar-refractivity contribution < 1.29 is 9.53 Å². The Hall–Kier alpha value is -2.09. The molecule has 0 unspecified atom stereocenters. The molecule has 0 aromatic heterocycles. The molecule has 20 heavy (non-hydrogen) atoms. The lowest BCUT2D eigenvalue weighted by atomic mass is 9.82. The van der Waals surface area contributed by atoms with E-state index in [0.717, 1.165) is 30.6 Å². The van der Waals surface area contributed by atoms with E-state index in [2.05, 4.69) is 18.2 Å². The van der Waals surface area contributed by atoms with Crippen molar-refractivity contribution in [2.45, 2.75) is 25.7 Å². The minimum Gasteiger partial charge on any atom is -0.497 e. The normalized spacial score (nSPS) is 15.6. The monoisotopic (exact) mass is 264 g/mol. The molecule has 2 aliphatic carbocycles. The van der Waals surface area contributed by atoms with Crippen LogP contribution in [0.2, 0.25) is 0 Å². The third kappa shape index (κ3) is 1.54. The number of fused-ring (bicyclic) bond motifs is 5. The molecule has 0 fully saturated rings. The van der Waals surface area contributed by atoms with Crippen LogP contribution in [0, 0.1) is 0 Å². The fraction of sp³-hybridized carbons (Fsp3) is 0.278. The number of hydrogen-bond acceptors (Lipinski definition) is 2. The number of hydrogen-bond donors (Lipinski definition) is 0. The van der Waals surface area contributed by atoms with Gasteiger partial charge < -0.3 is 4.74 Å². The van der Waals surface area contributed by atoms with E-state index < -0.39 is 0 Å². The third-order valence-electron chi connectivity index (χ3n) is 4.58. The third-order valence-corrected chi connectivity index (χ3v) is 4.58. The molecule has 2 heteroatoms. The first-order valence-corrected chi connectivity index (χ1v) is 7.13. The van der Waals surface area contributed by atoms with Gasteiger partial charge in [0.2, 0.25) is 0 Å². The lowest BCUT2D eigenvalue weighted by Crippen LogP contribution is -2.08. The van der Waals surface area contributed by atoms with Gasteiger partial charge in [0.1, 0.15) is 5.75 Å². The Balaban J connectivity index is 1.92. The predicted octanol–water partition coefficient (Wildman–Crippen LogP) is 3.59. The van der Waals surface area contributed by atoms with Gasteiger partial charge >= 0.3 is 0 Å². The van der Waals surface area contributed by atoms with E-state index in [1.54, 1.807) is 7.11 Å². The summed E-state index contributed by atoms with van der Waals surface area (Å²) >= 11 is 0. The van der Waals surface area contributed by atoms with Gasteiger partial charge in [-0.1, -0.05) is 18.2 Å². The number of benzene rings is 2. The highest BCUT2D eigenvalue weighted by atomic mass is 16.5. The zero-order valence-electron chi connectivity index (χ0n) is 11.5. The lowest BCUT2D eigenvalue weighted by Gasteiger charge is -2.22. The van der Waals surface area contributed by atoms with Crippen molar-refractivity contribution in [1.29, 1.82) is 0 Å². The SMILES string of the molecule is COc1ccc2c(c1)CCc1c-2ccc2c1CCC2=O. The van der Waals surface area contributed by atoms with E-state index in [9.17, 15) is 4.79 Å². The van der Waals surface area contributed by atoms with Crippen LogP contribution >= 0.6 is 0 Å². The Morgan fingerprint density at radius 2 is 1.55 bits per heavy atom. The van der Waals surface area contributed by atoms with E-state index in [1.807, 2.05) is 12.1 Å². The van der Waals surface area contributed by atoms with Crippen molar-refractivity contribution >= 4 is 5.78 Å².